The summed E-state index contributed by atoms with van der Waals surface area (Å²) < 4.78 is 14.1. The molecule has 5 heteroatoms. The molecule has 2 aromatic carbocycles. The maximum Gasteiger partial charge on any atom is 0.168 e. The van der Waals surface area contributed by atoms with Crippen LogP contribution in [0, 0.1) is 5.82 Å². The Hall–Kier alpha value is -0.710. The SMILES string of the molecule is O=C(Cc1ccc(F)c(Br)c1)c1cccc(Br)c1Cl. The average molecular weight is 406 g/mol. The zero-order valence-electron chi connectivity index (χ0n) is 9.59. The summed E-state index contributed by atoms with van der Waals surface area (Å²) >= 11 is 12.5. The Morgan fingerprint density at radius 3 is 2.58 bits per heavy atom. The Bertz CT molecular complexity index is 643. The Morgan fingerprint density at radius 2 is 1.89 bits per heavy atom. The molecule has 0 amide bonds. The first kappa shape index (κ1) is 14.7. The van der Waals surface area contributed by atoms with Gasteiger partial charge in [0.2, 0.25) is 0 Å². The van der Waals surface area contributed by atoms with Crippen LogP contribution in [-0.2, 0) is 6.42 Å². The number of carbonyl (C=O) groups excluding carboxylic acids is 1. The van der Waals surface area contributed by atoms with E-state index in [1.807, 2.05) is 0 Å². The molecule has 0 radical (unpaired) electrons. The maximum atomic E-state index is 13.1. The molecule has 0 unspecified atom stereocenters. The topological polar surface area (TPSA) is 17.1 Å². The number of rotatable bonds is 3. The molecule has 2 aromatic rings. The molecule has 0 saturated heterocycles. The fraction of sp³-hybridized carbons (Fsp3) is 0.0714. The van der Waals surface area contributed by atoms with Gasteiger partial charge in [-0.05, 0) is 61.7 Å². The van der Waals surface area contributed by atoms with E-state index in [9.17, 15) is 9.18 Å². The van der Waals surface area contributed by atoms with Gasteiger partial charge in [-0.25, -0.2) is 4.39 Å². The quantitative estimate of drug-likeness (QED) is 0.621. The number of Topliss-reactive ketones (excluding diaryl/α,β-unsaturated/α-hetero) is 1. The minimum Gasteiger partial charge on any atom is -0.294 e. The molecule has 0 spiro atoms. The van der Waals surface area contributed by atoms with Gasteiger partial charge in [0.05, 0.1) is 9.50 Å². The van der Waals surface area contributed by atoms with E-state index in [0.717, 1.165) is 5.56 Å². The van der Waals surface area contributed by atoms with Crippen LogP contribution in [0.4, 0.5) is 4.39 Å². The monoisotopic (exact) mass is 404 g/mol. The van der Waals surface area contributed by atoms with Gasteiger partial charge in [0, 0.05) is 16.5 Å². The number of hydrogen-bond acceptors (Lipinski definition) is 1. The highest BCUT2D eigenvalue weighted by atomic mass is 79.9. The summed E-state index contributed by atoms with van der Waals surface area (Å²) in [6, 6.07) is 9.71. The highest BCUT2D eigenvalue weighted by Gasteiger charge is 2.13. The van der Waals surface area contributed by atoms with Gasteiger partial charge in [0.1, 0.15) is 5.82 Å². The van der Waals surface area contributed by atoms with E-state index >= 15 is 0 Å². The molecule has 98 valence electrons. The summed E-state index contributed by atoms with van der Waals surface area (Å²) in [7, 11) is 0. The molecule has 2 rings (SSSR count). The molecular formula is C14H8Br2ClFO. The van der Waals surface area contributed by atoms with E-state index < -0.39 is 0 Å². The van der Waals surface area contributed by atoms with E-state index in [4.69, 9.17) is 11.6 Å². The first-order valence-corrected chi connectivity index (χ1v) is 7.36. The molecule has 0 aliphatic heterocycles. The molecule has 0 fully saturated rings. The molecule has 1 nitrogen and oxygen atoms in total. The van der Waals surface area contributed by atoms with Crippen molar-refractivity contribution in [3.8, 4) is 0 Å². The second-order valence-corrected chi connectivity index (χ2v) is 6.04. The molecule has 0 heterocycles. The molecule has 0 saturated carbocycles. The second kappa shape index (κ2) is 6.16. The van der Waals surface area contributed by atoms with Crippen molar-refractivity contribution >= 4 is 49.2 Å². The molecule has 0 aliphatic rings. The van der Waals surface area contributed by atoms with Gasteiger partial charge < -0.3 is 0 Å². The Labute approximate surface area is 132 Å². The summed E-state index contributed by atoms with van der Waals surface area (Å²) in [4.78, 5) is 12.2. The lowest BCUT2D eigenvalue weighted by Gasteiger charge is -2.06. The predicted octanol–water partition coefficient (Wildman–Crippen LogP) is 5.43. The van der Waals surface area contributed by atoms with Crippen molar-refractivity contribution in [1.29, 1.82) is 0 Å². The van der Waals surface area contributed by atoms with Crippen LogP contribution in [0.25, 0.3) is 0 Å². The Morgan fingerprint density at radius 1 is 1.16 bits per heavy atom. The van der Waals surface area contributed by atoms with Crippen LogP contribution in [0.5, 0.6) is 0 Å². The number of carbonyl (C=O) groups is 1. The van der Waals surface area contributed by atoms with Crippen molar-refractivity contribution in [2.45, 2.75) is 6.42 Å². The van der Waals surface area contributed by atoms with Gasteiger partial charge in [-0.15, -0.1) is 0 Å². The number of benzene rings is 2. The van der Waals surface area contributed by atoms with Crippen molar-refractivity contribution in [1.82, 2.24) is 0 Å². The van der Waals surface area contributed by atoms with Crippen molar-refractivity contribution in [3.63, 3.8) is 0 Å². The minimum absolute atomic E-state index is 0.107. The van der Waals surface area contributed by atoms with E-state index in [-0.39, 0.29) is 18.0 Å². The molecule has 19 heavy (non-hydrogen) atoms. The first-order valence-electron chi connectivity index (χ1n) is 5.40. The van der Waals surface area contributed by atoms with Crippen LogP contribution < -0.4 is 0 Å². The van der Waals surface area contributed by atoms with Crippen LogP contribution in [0.15, 0.2) is 45.3 Å². The maximum absolute atomic E-state index is 13.1. The highest BCUT2D eigenvalue weighted by molar-refractivity contribution is 9.10. The molecule has 0 bridgehead atoms. The van der Waals surface area contributed by atoms with Gasteiger partial charge in [-0.1, -0.05) is 23.7 Å². The normalized spacial score (nSPS) is 10.5. The summed E-state index contributed by atoms with van der Waals surface area (Å²) in [5.74, 6) is -0.457. The molecule has 0 N–H and O–H groups in total. The molecule has 0 aliphatic carbocycles. The van der Waals surface area contributed by atoms with Gasteiger partial charge in [0.25, 0.3) is 0 Å². The summed E-state index contributed by atoms with van der Waals surface area (Å²) in [5, 5.41) is 0.397. The lowest BCUT2D eigenvalue weighted by molar-refractivity contribution is 0.0993. The fourth-order valence-corrected chi connectivity index (χ4v) is 2.67. The van der Waals surface area contributed by atoms with E-state index in [1.54, 1.807) is 30.3 Å². The zero-order chi connectivity index (χ0) is 14.0. The van der Waals surface area contributed by atoms with E-state index in [0.29, 0.717) is 19.5 Å². The third-order valence-corrected chi connectivity index (χ3v) is 4.50. The van der Waals surface area contributed by atoms with Gasteiger partial charge in [-0.3, -0.25) is 4.79 Å². The molecular weight excluding hydrogens is 398 g/mol. The smallest absolute Gasteiger partial charge is 0.168 e. The lowest BCUT2D eigenvalue weighted by Crippen LogP contribution is -2.04. The van der Waals surface area contributed by atoms with Gasteiger partial charge >= 0.3 is 0 Å². The lowest BCUT2D eigenvalue weighted by atomic mass is 10.0. The molecule has 0 atom stereocenters. The Balaban J connectivity index is 2.26. The van der Waals surface area contributed by atoms with Gasteiger partial charge in [0.15, 0.2) is 5.78 Å². The number of ketones is 1. The number of hydrogen-bond donors (Lipinski definition) is 0. The summed E-state index contributed by atoms with van der Waals surface area (Å²) in [5.41, 5.74) is 1.19. The van der Waals surface area contributed by atoms with E-state index in [1.165, 1.54) is 6.07 Å². The van der Waals surface area contributed by atoms with Crippen LogP contribution in [0.2, 0.25) is 5.02 Å². The predicted molar refractivity (Wildman–Crippen MR) is 81.3 cm³/mol. The minimum atomic E-state index is -0.350. The Kier molecular flexibility index (Phi) is 4.76. The van der Waals surface area contributed by atoms with Crippen LogP contribution >= 0.6 is 43.5 Å². The van der Waals surface area contributed by atoms with Crippen LogP contribution in [0.3, 0.4) is 0 Å². The fourth-order valence-electron chi connectivity index (χ4n) is 1.65. The van der Waals surface area contributed by atoms with Crippen LogP contribution in [0.1, 0.15) is 15.9 Å². The first-order chi connectivity index (χ1) is 8.99. The highest BCUT2D eigenvalue weighted by Crippen LogP contribution is 2.27. The third kappa shape index (κ3) is 3.44. The van der Waals surface area contributed by atoms with Gasteiger partial charge in [-0.2, -0.15) is 0 Å². The van der Waals surface area contributed by atoms with Crippen molar-refractivity contribution < 1.29 is 9.18 Å². The van der Waals surface area contributed by atoms with Crippen molar-refractivity contribution in [2.24, 2.45) is 0 Å². The summed E-state index contributed by atoms with van der Waals surface area (Å²) in [6.45, 7) is 0. The molecule has 0 aromatic heterocycles. The average Bonchev–Trinajstić information content (AvgIpc) is 2.37. The van der Waals surface area contributed by atoms with E-state index in [2.05, 4.69) is 31.9 Å². The summed E-state index contributed by atoms with van der Waals surface area (Å²) in [6.07, 6.45) is 0.176. The second-order valence-electron chi connectivity index (χ2n) is 3.95. The zero-order valence-corrected chi connectivity index (χ0v) is 13.5. The third-order valence-electron chi connectivity index (χ3n) is 2.60. The van der Waals surface area contributed by atoms with Crippen molar-refractivity contribution in [3.05, 3.63) is 67.3 Å². The van der Waals surface area contributed by atoms with Crippen molar-refractivity contribution in [2.75, 3.05) is 0 Å². The largest absolute Gasteiger partial charge is 0.294 e. The standard InChI is InChI=1S/C14H8Br2ClFO/c15-10-3-1-2-9(14(10)17)13(19)7-8-4-5-12(18)11(16)6-8/h1-6H,7H2. The van der Waals surface area contributed by atoms with Crippen LogP contribution in [-0.4, -0.2) is 5.78 Å². The number of halogens is 4.